The Labute approximate surface area is 106 Å². The van der Waals surface area contributed by atoms with Crippen LogP contribution < -0.4 is 0 Å². The molecular weight excluding hydrogens is 220 g/mol. The van der Waals surface area contributed by atoms with E-state index in [9.17, 15) is 0 Å². The maximum atomic E-state index is 4.67. The number of benzene rings is 1. The van der Waals surface area contributed by atoms with Crippen LogP contribution in [0.4, 0.5) is 0 Å². The molecule has 2 nitrogen and oxygen atoms in total. The highest BCUT2D eigenvalue weighted by Crippen LogP contribution is 2.26. The van der Waals surface area contributed by atoms with E-state index in [1.165, 1.54) is 5.56 Å². The number of hydrogen-bond donors (Lipinski definition) is 0. The third-order valence-corrected chi connectivity index (χ3v) is 3.04. The van der Waals surface area contributed by atoms with Gasteiger partial charge in [0, 0.05) is 17.3 Å². The molecule has 88 valence electrons. The Balaban J connectivity index is 2.28. The van der Waals surface area contributed by atoms with Crippen LogP contribution in [0, 0.1) is 0 Å². The van der Waals surface area contributed by atoms with Gasteiger partial charge in [0.2, 0.25) is 0 Å². The number of rotatable bonds is 3. The van der Waals surface area contributed by atoms with E-state index in [-0.39, 0.29) is 0 Å². The maximum Gasteiger partial charge on any atom is 0.0968 e. The first kappa shape index (κ1) is 10.8. The van der Waals surface area contributed by atoms with Crippen molar-refractivity contribution in [3.8, 4) is 11.3 Å². The quantitative estimate of drug-likeness (QED) is 0.631. The second-order valence-electron chi connectivity index (χ2n) is 4.22. The van der Waals surface area contributed by atoms with Crippen LogP contribution in [0.5, 0.6) is 0 Å². The van der Waals surface area contributed by atoms with E-state index in [1.54, 1.807) is 0 Å². The monoisotopic (exact) mass is 234 g/mol. The molecule has 0 atom stereocenters. The molecule has 18 heavy (non-hydrogen) atoms. The molecule has 0 saturated carbocycles. The Hall–Kier alpha value is -2.35. The molecule has 3 rings (SSSR count). The van der Waals surface area contributed by atoms with Gasteiger partial charge in [-0.05, 0) is 18.6 Å². The molecule has 0 aliphatic heterocycles. The Kier molecular flexibility index (Phi) is 2.69. The lowest BCUT2D eigenvalue weighted by Gasteiger charge is -1.99. The van der Waals surface area contributed by atoms with E-state index in [0.717, 1.165) is 23.2 Å². The number of fused-ring (bicyclic) bond motifs is 1. The zero-order chi connectivity index (χ0) is 12.4. The average molecular weight is 234 g/mol. The first-order chi connectivity index (χ1) is 8.90. The van der Waals surface area contributed by atoms with Crippen LogP contribution >= 0.6 is 0 Å². The molecule has 0 amide bonds. The van der Waals surface area contributed by atoms with Gasteiger partial charge >= 0.3 is 0 Å². The standard InChI is InChI=1S/C16H14N2/c1-2-8-14-15-11-6-7-12-18(15)17-16(14)13-9-4-3-5-10-13/h2-7,9-12H,1,8H2. The van der Waals surface area contributed by atoms with E-state index in [4.69, 9.17) is 0 Å². The van der Waals surface area contributed by atoms with Crippen molar-refractivity contribution >= 4 is 5.52 Å². The fraction of sp³-hybridized carbons (Fsp3) is 0.0625. The highest BCUT2D eigenvalue weighted by molar-refractivity contribution is 5.73. The number of allylic oxidation sites excluding steroid dienone is 1. The van der Waals surface area contributed by atoms with Gasteiger partial charge in [0.15, 0.2) is 0 Å². The highest BCUT2D eigenvalue weighted by Gasteiger charge is 2.12. The van der Waals surface area contributed by atoms with Crippen molar-refractivity contribution in [2.24, 2.45) is 0 Å². The lowest BCUT2D eigenvalue weighted by Crippen LogP contribution is -1.84. The summed E-state index contributed by atoms with van der Waals surface area (Å²) in [6.45, 7) is 3.84. The number of nitrogens with zero attached hydrogens (tertiary/aromatic N) is 2. The summed E-state index contributed by atoms with van der Waals surface area (Å²) >= 11 is 0. The first-order valence-electron chi connectivity index (χ1n) is 6.02. The van der Waals surface area contributed by atoms with Gasteiger partial charge in [-0.25, -0.2) is 4.52 Å². The van der Waals surface area contributed by atoms with Gasteiger partial charge in [-0.15, -0.1) is 6.58 Å². The minimum absolute atomic E-state index is 0.831. The summed E-state index contributed by atoms with van der Waals surface area (Å²) in [7, 11) is 0. The second kappa shape index (κ2) is 4.49. The van der Waals surface area contributed by atoms with Gasteiger partial charge in [0.05, 0.1) is 11.2 Å². The molecule has 0 saturated heterocycles. The molecule has 2 heterocycles. The van der Waals surface area contributed by atoms with Crippen molar-refractivity contribution in [1.82, 2.24) is 9.61 Å². The van der Waals surface area contributed by atoms with Gasteiger partial charge in [-0.2, -0.15) is 5.10 Å². The second-order valence-corrected chi connectivity index (χ2v) is 4.22. The fourth-order valence-electron chi connectivity index (χ4n) is 2.22. The molecule has 0 radical (unpaired) electrons. The summed E-state index contributed by atoms with van der Waals surface area (Å²) < 4.78 is 1.93. The molecule has 2 heteroatoms. The molecule has 0 fully saturated rings. The van der Waals surface area contributed by atoms with Crippen molar-refractivity contribution in [3.63, 3.8) is 0 Å². The van der Waals surface area contributed by atoms with E-state index in [1.807, 2.05) is 47.1 Å². The molecule has 0 N–H and O–H groups in total. The van der Waals surface area contributed by atoms with Crippen molar-refractivity contribution < 1.29 is 0 Å². The molecule has 0 aliphatic carbocycles. The molecule has 2 aromatic heterocycles. The molecule has 0 aliphatic rings. The van der Waals surface area contributed by atoms with Crippen LogP contribution in [0.1, 0.15) is 5.56 Å². The lowest BCUT2D eigenvalue weighted by molar-refractivity contribution is 0.966. The summed E-state index contributed by atoms with van der Waals surface area (Å²) in [5.41, 5.74) is 4.58. The Morgan fingerprint density at radius 1 is 1.06 bits per heavy atom. The third kappa shape index (κ3) is 1.72. The van der Waals surface area contributed by atoms with Crippen molar-refractivity contribution in [2.45, 2.75) is 6.42 Å². The highest BCUT2D eigenvalue weighted by atomic mass is 15.2. The molecule has 3 aromatic rings. The maximum absolute atomic E-state index is 4.67. The van der Waals surface area contributed by atoms with Crippen LogP contribution in [0.2, 0.25) is 0 Å². The Bertz CT molecular complexity index is 681. The van der Waals surface area contributed by atoms with Crippen LogP contribution in [0.25, 0.3) is 16.8 Å². The molecule has 0 bridgehead atoms. The average Bonchev–Trinajstić information content (AvgIpc) is 2.80. The summed E-state index contributed by atoms with van der Waals surface area (Å²) in [6.07, 6.45) is 4.74. The minimum Gasteiger partial charge on any atom is -0.240 e. The summed E-state index contributed by atoms with van der Waals surface area (Å²) in [6, 6.07) is 16.4. The molecule has 1 aromatic carbocycles. The smallest absolute Gasteiger partial charge is 0.0968 e. The van der Waals surface area contributed by atoms with Crippen LogP contribution in [0.15, 0.2) is 67.4 Å². The van der Waals surface area contributed by atoms with Crippen molar-refractivity contribution in [2.75, 3.05) is 0 Å². The van der Waals surface area contributed by atoms with E-state index in [2.05, 4.69) is 29.9 Å². The lowest BCUT2D eigenvalue weighted by atomic mass is 10.0. The Morgan fingerprint density at radius 3 is 2.61 bits per heavy atom. The summed E-state index contributed by atoms with van der Waals surface area (Å²) in [5, 5.41) is 4.67. The van der Waals surface area contributed by atoms with Crippen molar-refractivity contribution in [3.05, 3.63) is 72.9 Å². The van der Waals surface area contributed by atoms with E-state index in [0.29, 0.717) is 0 Å². The predicted molar refractivity (Wildman–Crippen MR) is 74.5 cm³/mol. The normalized spacial score (nSPS) is 10.7. The van der Waals surface area contributed by atoms with E-state index >= 15 is 0 Å². The van der Waals surface area contributed by atoms with Gasteiger partial charge < -0.3 is 0 Å². The van der Waals surface area contributed by atoms with Crippen LogP contribution in [0.3, 0.4) is 0 Å². The van der Waals surface area contributed by atoms with Gasteiger partial charge in [0.25, 0.3) is 0 Å². The fourth-order valence-corrected chi connectivity index (χ4v) is 2.22. The van der Waals surface area contributed by atoms with Crippen molar-refractivity contribution in [1.29, 1.82) is 0 Å². The summed E-state index contributed by atoms with van der Waals surface area (Å²) in [4.78, 5) is 0. The van der Waals surface area contributed by atoms with Crippen LogP contribution in [-0.4, -0.2) is 9.61 Å². The molecular formula is C16H14N2. The third-order valence-electron chi connectivity index (χ3n) is 3.04. The summed E-state index contributed by atoms with van der Waals surface area (Å²) in [5.74, 6) is 0. The SMILES string of the molecule is C=CCc1c(-c2ccccc2)nn2ccccc12. The van der Waals surface area contributed by atoms with Gasteiger partial charge in [-0.1, -0.05) is 42.5 Å². The van der Waals surface area contributed by atoms with Crippen LogP contribution in [-0.2, 0) is 6.42 Å². The topological polar surface area (TPSA) is 17.3 Å². The molecule has 0 unspecified atom stereocenters. The predicted octanol–water partition coefficient (Wildman–Crippen LogP) is 3.73. The van der Waals surface area contributed by atoms with E-state index < -0.39 is 0 Å². The zero-order valence-electron chi connectivity index (χ0n) is 10.1. The Morgan fingerprint density at radius 2 is 1.83 bits per heavy atom. The van der Waals surface area contributed by atoms with Gasteiger partial charge in [0.1, 0.15) is 0 Å². The number of pyridine rings is 1. The number of hydrogen-bond acceptors (Lipinski definition) is 1. The zero-order valence-corrected chi connectivity index (χ0v) is 10.1. The molecule has 0 spiro atoms. The number of aromatic nitrogens is 2. The minimum atomic E-state index is 0.831. The largest absolute Gasteiger partial charge is 0.240 e. The van der Waals surface area contributed by atoms with Gasteiger partial charge in [-0.3, -0.25) is 0 Å². The first-order valence-corrected chi connectivity index (χ1v) is 6.02.